The molecule has 0 saturated heterocycles. The van der Waals surface area contributed by atoms with Gasteiger partial charge in [-0.25, -0.2) is 0 Å². The van der Waals surface area contributed by atoms with Crippen LogP contribution in [0, 0.1) is 17.8 Å². The lowest BCUT2D eigenvalue weighted by Crippen LogP contribution is -1.96. The minimum atomic E-state index is 0.443. The number of fused-ring (bicyclic) bond motifs is 1. The molecule has 2 saturated carbocycles. The average Bonchev–Trinajstić information content (AvgIpc) is 2.40. The van der Waals surface area contributed by atoms with Gasteiger partial charge in [0.25, 0.3) is 0 Å². The van der Waals surface area contributed by atoms with Crippen molar-refractivity contribution in [1.29, 1.82) is 0 Å². The Morgan fingerprint density at radius 1 is 1.12 bits per heavy atom. The molecule has 0 aliphatic heterocycles. The lowest BCUT2D eigenvalue weighted by atomic mass is 10.1. The predicted molar refractivity (Wildman–Crippen MR) is 30.4 cm³/mol. The zero-order valence-corrected chi connectivity index (χ0v) is 4.84. The molecule has 3 atom stereocenters. The number of carbonyl (C=O) groups excluding carboxylic acids is 1. The van der Waals surface area contributed by atoms with Crippen LogP contribution in [0.5, 0.6) is 0 Å². The molecule has 0 aromatic carbocycles. The highest BCUT2D eigenvalue weighted by molar-refractivity contribution is 5.54. The van der Waals surface area contributed by atoms with Gasteiger partial charge in [-0.05, 0) is 31.1 Å². The molecule has 2 rings (SSSR count). The third-order valence-corrected chi connectivity index (χ3v) is 2.47. The van der Waals surface area contributed by atoms with E-state index in [0.717, 1.165) is 18.1 Å². The number of hydrogen-bond donors (Lipinski definition) is 0. The number of aldehydes is 1. The third-order valence-electron chi connectivity index (χ3n) is 2.47. The van der Waals surface area contributed by atoms with Gasteiger partial charge in [-0.3, -0.25) is 0 Å². The molecule has 8 heavy (non-hydrogen) atoms. The molecule has 0 spiro atoms. The summed E-state index contributed by atoms with van der Waals surface area (Å²) >= 11 is 0. The summed E-state index contributed by atoms with van der Waals surface area (Å²) in [6, 6.07) is 0. The first-order chi connectivity index (χ1) is 3.90. The molecule has 0 aromatic heterocycles. The van der Waals surface area contributed by atoms with E-state index in [2.05, 4.69) is 0 Å². The molecule has 44 valence electrons. The van der Waals surface area contributed by atoms with Crippen molar-refractivity contribution in [2.24, 2.45) is 17.8 Å². The molecule has 2 fully saturated rings. The molecule has 2 aliphatic carbocycles. The third kappa shape index (κ3) is 0.504. The topological polar surface area (TPSA) is 17.1 Å². The van der Waals surface area contributed by atoms with Crippen LogP contribution in [0.3, 0.4) is 0 Å². The summed E-state index contributed by atoms with van der Waals surface area (Å²) in [5.74, 6) is 2.37. The van der Waals surface area contributed by atoms with Gasteiger partial charge in [-0.15, -0.1) is 0 Å². The van der Waals surface area contributed by atoms with Crippen molar-refractivity contribution in [3.63, 3.8) is 0 Å². The van der Waals surface area contributed by atoms with Gasteiger partial charge >= 0.3 is 0 Å². The van der Waals surface area contributed by atoms with Gasteiger partial charge in [0.2, 0.25) is 0 Å². The predicted octanol–water partition coefficient (Wildman–Crippen LogP) is 1.23. The molecule has 0 radical (unpaired) electrons. The van der Waals surface area contributed by atoms with Gasteiger partial charge in [0.1, 0.15) is 6.29 Å². The molecular formula is C7H10O. The molecule has 0 heterocycles. The van der Waals surface area contributed by atoms with E-state index in [1.807, 2.05) is 0 Å². The molecule has 0 amide bonds. The first-order valence-corrected chi connectivity index (χ1v) is 3.35. The fraction of sp³-hybridized carbons (Fsp3) is 0.857. The van der Waals surface area contributed by atoms with Crippen LogP contribution in [-0.2, 0) is 4.79 Å². The van der Waals surface area contributed by atoms with E-state index in [9.17, 15) is 4.79 Å². The fourth-order valence-electron chi connectivity index (χ4n) is 1.87. The van der Waals surface area contributed by atoms with E-state index < -0.39 is 0 Å². The Morgan fingerprint density at radius 3 is 2.12 bits per heavy atom. The van der Waals surface area contributed by atoms with Crippen molar-refractivity contribution in [3.8, 4) is 0 Å². The first-order valence-electron chi connectivity index (χ1n) is 3.35. The Balaban J connectivity index is 1.98. The van der Waals surface area contributed by atoms with Crippen molar-refractivity contribution in [3.05, 3.63) is 0 Å². The highest BCUT2D eigenvalue weighted by Crippen LogP contribution is 2.53. The zero-order chi connectivity index (χ0) is 5.56. The van der Waals surface area contributed by atoms with E-state index in [0.29, 0.717) is 5.92 Å². The van der Waals surface area contributed by atoms with Gasteiger partial charge < -0.3 is 4.79 Å². The highest BCUT2D eigenvalue weighted by Gasteiger charge is 2.45. The SMILES string of the molecule is O=CC1C[C@@H]2C[C@@H]2C1. The monoisotopic (exact) mass is 110 g/mol. The van der Waals surface area contributed by atoms with Gasteiger partial charge in [-0.2, -0.15) is 0 Å². The minimum absolute atomic E-state index is 0.443. The van der Waals surface area contributed by atoms with E-state index in [4.69, 9.17) is 0 Å². The Labute approximate surface area is 49.1 Å². The highest BCUT2D eigenvalue weighted by atomic mass is 16.1. The van der Waals surface area contributed by atoms with Crippen molar-refractivity contribution in [1.82, 2.24) is 0 Å². The number of carbonyl (C=O) groups is 1. The normalized spacial score (nSPS) is 50.8. The van der Waals surface area contributed by atoms with Gasteiger partial charge in [0, 0.05) is 5.92 Å². The second-order valence-electron chi connectivity index (χ2n) is 3.12. The molecule has 1 unspecified atom stereocenters. The Hall–Kier alpha value is -0.330. The summed E-state index contributed by atoms with van der Waals surface area (Å²) in [6.45, 7) is 0. The van der Waals surface area contributed by atoms with Gasteiger partial charge in [0.05, 0.1) is 0 Å². The smallest absolute Gasteiger partial charge is 0.123 e. The van der Waals surface area contributed by atoms with Crippen molar-refractivity contribution in [2.45, 2.75) is 19.3 Å². The second-order valence-corrected chi connectivity index (χ2v) is 3.12. The van der Waals surface area contributed by atoms with Crippen LogP contribution >= 0.6 is 0 Å². The Kier molecular flexibility index (Phi) is 0.758. The van der Waals surface area contributed by atoms with Crippen LogP contribution in [0.4, 0.5) is 0 Å². The zero-order valence-electron chi connectivity index (χ0n) is 4.84. The average molecular weight is 110 g/mol. The molecular weight excluding hydrogens is 100 g/mol. The summed E-state index contributed by atoms with van der Waals surface area (Å²) in [4.78, 5) is 10.2. The largest absolute Gasteiger partial charge is 0.303 e. The maximum Gasteiger partial charge on any atom is 0.123 e. The minimum Gasteiger partial charge on any atom is -0.303 e. The molecule has 0 aromatic rings. The fourth-order valence-corrected chi connectivity index (χ4v) is 1.87. The van der Waals surface area contributed by atoms with Crippen LogP contribution in [0.25, 0.3) is 0 Å². The summed E-state index contributed by atoms with van der Waals surface area (Å²) in [7, 11) is 0. The maximum atomic E-state index is 10.2. The number of rotatable bonds is 1. The number of hydrogen-bond acceptors (Lipinski definition) is 1. The molecule has 2 aliphatic rings. The molecule has 0 N–H and O–H groups in total. The van der Waals surface area contributed by atoms with Gasteiger partial charge in [0.15, 0.2) is 0 Å². The van der Waals surface area contributed by atoms with E-state index in [1.165, 1.54) is 19.3 Å². The Bertz CT molecular complexity index is 110. The Morgan fingerprint density at radius 2 is 1.75 bits per heavy atom. The summed E-state index contributed by atoms with van der Waals surface area (Å²) in [5.41, 5.74) is 0. The van der Waals surface area contributed by atoms with Crippen molar-refractivity contribution < 1.29 is 4.79 Å². The van der Waals surface area contributed by atoms with Crippen molar-refractivity contribution in [2.75, 3.05) is 0 Å². The van der Waals surface area contributed by atoms with Crippen LogP contribution in [0.1, 0.15) is 19.3 Å². The van der Waals surface area contributed by atoms with Crippen LogP contribution in [-0.4, -0.2) is 6.29 Å². The lowest BCUT2D eigenvalue weighted by molar-refractivity contribution is -0.111. The van der Waals surface area contributed by atoms with E-state index in [-0.39, 0.29) is 0 Å². The molecule has 1 nitrogen and oxygen atoms in total. The first kappa shape index (κ1) is 4.54. The van der Waals surface area contributed by atoms with Crippen molar-refractivity contribution >= 4 is 6.29 Å². The van der Waals surface area contributed by atoms with E-state index in [1.54, 1.807) is 0 Å². The quantitative estimate of drug-likeness (QED) is 0.464. The van der Waals surface area contributed by atoms with Gasteiger partial charge in [-0.1, -0.05) is 0 Å². The van der Waals surface area contributed by atoms with Crippen LogP contribution in [0.15, 0.2) is 0 Å². The molecule has 0 bridgehead atoms. The summed E-state index contributed by atoms with van der Waals surface area (Å²) in [5, 5.41) is 0. The van der Waals surface area contributed by atoms with Crippen LogP contribution in [0.2, 0.25) is 0 Å². The maximum absolute atomic E-state index is 10.2. The molecule has 1 heteroatoms. The second kappa shape index (κ2) is 1.34. The summed E-state index contributed by atoms with van der Waals surface area (Å²) in [6.07, 6.45) is 4.96. The summed E-state index contributed by atoms with van der Waals surface area (Å²) < 4.78 is 0. The standard InChI is InChI=1S/C7H10O/c8-4-5-1-6-3-7(6)2-5/h4-7H,1-3H2/t5?,6-,7+. The lowest BCUT2D eigenvalue weighted by Gasteiger charge is -1.97. The van der Waals surface area contributed by atoms with E-state index >= 15 is 0 Å². The van der Waals surface area contributed by atoms with Crippen LogP contribution < -0.4 is 0 Å².